The van der Waals surface area contributed by atoms with E-state index in [0.717, 1.165) is 5.56 Å². The number of aromatic nitrogens is 1. The largest absolute Gasteiger partial charge is 0.467 e. The summed E-state index contributed by atoms with van der Waals surface area (Å²) in [7, 11) is 0. The predicted molar refractivity (Wildman–Crippen MR) is 81.5 cm³/mol. The highest BCUT2D eigenvalue weighted by Crippen LogP contribution is 2.23. The minimum absolute atomic E-state index is 0.202. The predicted octanol–water partition coefficient (Wildman–Crippen LogP) is 4.08. The first-order chi connectivity index (χ1) is 10.6. The van der Waals surface area contributed by atoms with E-state index in [2.05, 4.69) is 10.5 Å². The van der Waals surface area contributed by atoms with Crippen molar-refractivity contribution in [2.24, 2.45) is 0 Å². The highest BCUT2D eigenvalue weighted by Gasteiger charge is 2.17. The Morgan fingerprint density at radius 3 is 2.86 bits per heavy atom. The van der Waals surface area contributed by atoms with Crippen molar-refractivity contribution in [2.45, 2.75) is 13.0 Å². The van der Waals surface area contributed by atoms with E-state index in [9.17, 15) is 4.79 Å². The molecule has 5 nitrogen and oxygen atoms in total. The van der Waals surface area contributed by atoms with E-state index in [0.29, 0.717) is 16.5 Å². The summed E-state index contributed by atoms with van der Waals surface area (Å²) in [6.07, 6.45) is 1.56. The fourth-order valence-electron chi connectivity index (χ4n) is 2.04. The highest BCUT2D eigenvalue weighted by molar-refractivity contribution is 6.30. The van der Waals surface area contributed by atoms with Crippen molar-refractivity contribution in [3.8, 4) is 11.3 Å². The van der Waals surface area contributed by atoms with Gasteiger partial charge in [-0.25, -0.2) is 0 Å². The molecule has 0 aliphatic heterocycles. The summed E-state index contributed by atoms with van der Waals surface area (Å²) in [5, 5.41) is 7.18. The molecule has 1 atom stereocenters. The number of hydrogen-bond acceptors (Lipinski definition) is 4. The van der Waals surface area contributed by atoms with E-state index < -0.39 is 0 Å². The Labute approximate surface area is 131 Å². The van der Waals surface area contributed by atoms with Crippen molar-refractivity contribution < 1.29 is 13.7 Å². The van der Waals surface area contributed by atoms with E-state index >= 15 is 0 Å². The Bertz CT molecular complexity index is 780. The first-order valence-corrected chi connectivity index (χ1v) is 7.08. The molecule has 2 aromatic heterocycles. The lowest BCUT2D eigenvalue weighted by Gasteiger charge is -2.09. The molecule has 3 rings (SSSR count). The summed E-state index contributed by atoms with van der Waals surface area (Å²) in [4.78, 5) is 12.2. The molecule has 1 amide bonds. The molecule has 0 aliphatic rings. The third-order valence-electron chi connectivity index (χ3n) is 3.17. The lowest BCUT2D eigenvalue weighted by atomic mass is 10.1. The summed E-state index contributed by atoms with van der Waals surface area (Å²) < 4.78 is 10.5. The van der Waals surface area contributed by atoms with Gasteiger partial charge in [-0.1, -0.05) is 28.9 Å². The van der Waals surface area contributed by atoms with Crippen molar-refractivity contribution in [1.82, 2.24) is 10.5 Å². The van der Waals surface area contributed by atoms with Crippen LogP contribution in [0.2, 0.25) is 5.02 Å². The topological polar surface area (TPSA) is 68.3 Å². The van der Waals surface area contributed by atoms with Crippen LogP contribution in [0.15, 0.2) is 57.7 Å². The molecule has 1 unspecified atom stereocenters. The zero-order chi connectivity index (χ0) is 15.5. The quantitative estimate of drug-likeness (QED) is 0.787. The van der Waals surface area contributed by atoms with Gasteiger partial charge < -0.3 is 14.3 Å². The molecule has 3 aromatic rings. The highest BCUT2D eigenvalue weighted by atomic mass is 35.5. The number of rotatable bonds is 4. The maximum Gasteiger partial charge on any atom is 0.274 e. The number of halogens is 1. The molecule has 112 valence electrons. The molecule has 2 heterocycles. The molecule has 0 aliphatic carbocycles. The van der Waals surface area contributed by atoms with Crippen LogP contribution < -0.4 is 5.32 Å². The number of hydrogen-bond donors (Lipinski definition) is 1. The van der Waals surface area contributed by atoms with Gasteiger partial charge in [0.15, 0.2) is 11.5 Å². The summed E-state index contributed by atoms with van der Waals surface area (Å²) in [6.45, 7) is 1.83. The van der Waals surface area contributed by atoms with E-state index in [1.807, 2.05) is 13.0 Å². The molecule has 0 radical (unpaired) electrons. The van der Waals surface area contributed by atoms with E-state index in [1.54, 1.807) is 42.7 Å². The van der Waals surface area contributed by atoms with Crippen LogP contribution in [0.25, 0.3) is 11.3 Å². The molecule has 22 heavy (non-hydrogen) atoms. The van der Waals surface area contributed by atoms with Crippen LogP contribution in [0.5, 0.6) is 0 Å². The standard InChI is InChI=1S/C16H13ClN2O3/c1-10(14-6-3-7-21-14)18-16(20)13-9-15(22-19-13)11-4-2-5-12(17)8-11/h2-10H,1H3,(H,18,20). The second-order valence-corrected chi connectivity index (χ2v) is 5.23. The minimum atomic E-state index is -0.332. The van der Waals surface area contributed by atoms with Crippen molar-refractivity contribution in [1.29, 1.82) is 0 Å². The Balaban J connectivity index is 1.74. The summed E-state index contributed by atoms with van der Waals surface area (Å²) >= 11 is 5.94. The SMILES string of the molecule is CC(NC(=O)c1cc(-c2cccc(Cl)c2)on1)c1ccco1. The Morgan fingerprint density at radius 2 is 2.14 bits per heavy atom. The van der Waals surface area contributed by atoms with Gasteiger partial charge in [0.25, 0.3) is 5.91 Å². The van der Waals surface area contributed by atoms with Gasteiger partial charge in [0.1, 0.15) is 5.76 Å². The molecular formula is C16H13ClN2O3. The fourth-order valence-corrected chi connectivity index (χ4v) is 2.23. The van der Waals surface area contributed by atoms with Crippen molar-refractivity contribution in [2.75, 3.05) is 0 Å². The van der Waals surface area contributed by atoms with Gasteiger partial charge in [-0.3, -0.25) is 4.79 Å². The fraction of sp³-hybridized carbons (Fsp3) is 0.125. The third-order valence-corrected chi connectivity index (χ3v) is 3.40. The number of amides is 1. The number of nitrogens with one attached hydrogen (secondary N) is 1. The zero-order valence-electron chi connectivity index (χ0n) is 11.7. The molecule has 1 aromatic carbocycles. The minimum Gasteiger partial charge on any atom is -0.467 e. The number of benzene rings is 1. The van der Waals surface area contributed by atoms with E-state index in [-0.39, 0.29) is 17.6 Å². The average Bonchev–Trinajstić information content (AvgIpc) is 3.19. The second kappa shape index (κ2) is 6.07. The number of furan rings is 1. The van der Waals surface area contributed by atoms with Crippen LogP contribution in [0.4, 0.5) is 0 Å². The van der Waals surface area contributed by atoms with Crippen molar-refractivity contribution in [3.63, 3.8) is 0 Å². The molecule has 0 bridgehead atoms. The average molecular weight is 317 g/mol. The molecule has 6 heteroatoms. The molecule has 0 saturated carbocycles. The van der Waals surface area contributed by atoms with Crippen LogP contribution in [-0.2, 0) is 0 Å². The third kappa shape index (κ3) is 3.04. The summed E-state index contributed by atoms with van der Waals surface area (Å²) in [5.41, 5.74) is 0.964. The van der Waals surface area contributed by atoms with Gasteiger partial charge in [-0.2, -0.15) is 0 Å². The maximum absolute atomic E-state index is 12.2. The van der Waals surface area contributed by atoms with Gasteiger partial charge >= 0.3 is 0 Å². The Morgan fingerprint density at radius 1 is 1.27 bits per heavy atom. The number of carbonyl (C=O) groups excluding carboxylic acids is 1. The van der Waals surface area contributed by atoms with Crippen LogP contribution in [0.3, 0.4) is 0 Å². The maximum atomic E-state index is 12.2. The van der Waals surface area contributed by atoms with Crippen LogP contribution >= 0.6 is 11.6 Å². The van der Waals surface area contributed by atoms with Gasteiger partial charge in [-0.05, 0) is 31.2 Å². The Kier molecular flexibility index (Phi) is 3.98. The second-order valence-electron chi connectivity index (χ2n) is 4.80. The van der Waals surface area contributed by atoms with Crippen LogP contribution in [-0.4, -0.2) is 11.1 Å². The lowest BCUT2D eigenvalue weighted by Crippen LogP contribution is -2.26. The molecule has 0 saturated heterocycles. The molecular weight excluding hydrogens is 304 g/mol. The monoisotopic (exact) mass is 316 g/mol. The number of nitrogens with zero attached hydrogens (tertiary/aromatic N) is 1. The lowest BCUT2D eigenvalue weighted by molar-refractivity contribution is 0.0926. The van der Waals surface area contributed by atoms with Crippen LogP contribution in [0.1, 0.15) is 29.2 Å². The van der Waals surface area contributed by atoms with Gasteiger partial charge in [0.05, 0.1) is 12.3 Å². The Hall–Kier alpha value is -2.53. The van der Waals surface area contributed by atoms with Crippen molar-refractivity contribution >= 4 is 17.5 Å². The first kappa shape index (κ1) is 14.4. The number of carbonyl (C=O) groups is 1. The molecule has 1 N–H and O–H groups in total. The first-order valence-electron chi connectivity index (χ1n) is 6.70. The van der Waals surface area contributed by atoms with E-state index in [1.165, 1.54) is 0 Å². The van der Waals surface area contributed by atoms with Crippen LogP contribution in [0, 0.1) is 0 Å². The zero-order valence-corrected chi connectivity index (χ0v) is 12.5. The van der Waals surface area contributed by atoms with Crippen molar-refractivity contribution in [3.05, 3.63) is 65.2 Å². The van der Waals surface area contributed by atoms with Gasteiger partial charge in [-0.15, -0.1) is 0 Å². The van der Waals surface area contributed by atoms with Gasteiger partial charge in [0, 0.05) is 16.7 Å². The molecule has 0 spiro atoms. The summed E-state index contributed by atoms with van der Waals surface area (Å²) in [5.74, 6) is 0.825. The normalized spacial score (nSPS) is 12.1. The van der Waals surface area contributed by atoms with Gasteiger partial charge in [0.2, 0.25) is 0 Å². The molecule has 0 fully saturated rings. The summed E-state index contributed by atoms with van der Waals surface area (Å²) in [6, 6.07) is 12.0. The smallest absolute Gasteiger partial charge is 0.274 e. The van der Waals surface area contributed by atoms with E-state index in [4.69, 9.17) is 20.5 Å².